The van der Waals surface area contributed by atoms with Crippen molar-refractivity contribution >= 4 is 23.2 Å². The van der Waals surface area contributed by atoms with E-state index in [2.05, 4.69) is 15.4 Å². The third-order valence-corrected chi connectivity index (χ3v) is 4.09. The maximum atomic E-state index is 12.6. The smallest absolute Gasteiger partial charge is 0.267 e. The molecule has 1 aliphatic rings. The molecule has 0 saturated heterocycles. The number of pyridine rings is 1. The Balaban J connectivity index is 1.72. The van der Waals surface area contributed by atoms with Crippen molar-refractivity contribution in [2.24, 2.45) is 10.8 Å². The van der Waals surface area contributed by atoms with E-state index in [-0.39, 0.29) is 24.6 Å². The first-order valence-electron chi connectivity index (χ1n) is 8.66. The van der Waals surface area contributed by atoms with Gasteiger partial charge in [-0.05, 0) is 25.1 Å². The van der Waals surface area contributed by atoms with Crippen molar-refractivity contribution in [2.75, 3.05) is 11.6 Å². The normalized spacial score (nSPS) is 16.0. The molecule has 140 valence electrons. The molecule has 0 aliphatic carbocycles. The van der Waals surface area contributed by atoms with Gasteiger partial charge in [-0.15, -0.1) is 0 Å². The molecule has 0 bridgehead atoms. The minimum Gasteiger partial charge on any atom is -0.478 e. The number of hydrogen-bond donors (Lipinski definition) is 2. The maximum Gasteiger partial charge on any atom is 0.267 e. The SMILES string of the molecule is CCOc1ncccc1CNC(=O)C1=NN(c2ccccc2)[C@@H](C(N)=O)C1. The van der Waals surface area contributed by atoms with E-state index in [0.29, 0.717) is 18.2 Å². The van der Waals surface area contributed by atoms with Crippen molar-refractivity contribution in [1.82, 2.24) is 10.3 Å². The van der Waals surface area contributed by atoms with Crippen molar-refractivity contribution in [3.8, 4) is 5.88 Å². The Bertz CT molecular complexity index is 853. The summed E-state index contributed by atoms with van der Waals surface area (Å²) in [7, 11) is 0. The number of ether oxygens (including phenoxy) is 1. The molecule has 0 spiro atoms. The van der Waals surface area contributed by atoms with Crippen LogP contribution in [-0.4, -0.2) is 35.2 Å². The van der Waals surface area contributed by atoms with Gasteiger partial charge in [0.25, 0.3) is 5.91 Å². The van der Waals surface area contributed by atoms with Crippen LogP contribution in [0.5, 0.6) is 5.88 Å². The van der Waals surface area contributed by atoms with Gasteiger partial charge in [0.15, 0.2) is 0 Å². The van der Waals surface area contributed by atoms with Crippen LogP contribution < -0.4 is 20.8 Å². The number of amides is 2. The monoisotopic (exact) mass is 367 g/mol. The molecule has 3 N–H and O–H groups in total. The molecule has 0 fully saturated rings. The number of nitrogens with two attached hydrogens (primary N) is 1. The van der Waals surface area contributed by atoms with Crippen LogP contribution in [0.2, 0.25) is 0 Å². The summed E-state index contributed by atoms with van der Waals surface area (Å²) in [6.07, 6.45) is 1.79. The van der Waals surface area contributed by atoms with Gasteiger partial charge in [-0.3, -0.25) is 14.6 Å². The van der Waals surface area contributed by atoms with E-state index < -0.39 is 11.9 Å². The van der Waals surface area contributed by atoms with Crippen molar-refractivity contribution in [3.05, 3.63) is 54.2 Å². The molecule has 27 heavy (non-hydrogen) atoms. The molecular formula is C19H21N5O3. The zero-order valence-electron chi connectivity index (χ0n) is 15.0. The highest BCUT2D eigenvalue weighted by molar-refractivity contribution is 6.40. The van der Waals surface area contributed by atoms with E-state index in [1.54, 1.807) is 12.3 Å². The number of nitrogens with zero attached hydrogens (tertiary/aromatic N) is 3. The lowest BCUT2D eigenvalue weighted by molar-refractivity contribution is -0.119. The minimum absolute atomic E-state index is 0.154. The van der Waals surface area contributed by atoms with Crippen LogP contribution in [0.1, 0.15) is 18.9 Å². The summed E-state index contributed by atoms with van der Waals surface area (Å²) in [6, 6.07) is 12.1. The van der Waals surface area contributed by atoms with E-state index in [9.17, 15) is 9.59 Å². The number of primary amides is 1. The number of carbonyl (C=O) groups excluding carboxylic acids is 2. The first-order valence-corrected chi connectivity index (χ1v) is 8.66. The molecule has 0 saturated carbocycles. The summed E-state index contributed by atoms with van der Waals surface area (Å²) in [5.74, 6) is -0.406. The Hall–Kier alpha value is -3.42. The summed E-state index contributed by atoms with van der Waals surface area (Å²) in [5, 5.41) is 8.62. The third kappa shape index (κ3) is 4.22. The molecule has 2 amide bonds. The number of carbonyl (C=O) groups is 2. The number of hydrazone groups is 1. The fourth-order valence-electron chi connectivity index (χ4n) is 2.79. The zero-order chi connectivity index (χ0) is 19.2. The molecule has 2 heterocycles. The van der Waals surface area contributed by atoms with E-state index in [1.165, 1.54) is 5.01 Å². The quantitative estimate of drug-likeness (QED) is 0.764. The summed E-state index contributed by atoms with van der Waals surface area (Å²) < 4.78 is 5.46. The van der Waals surface area contributed by atoms with Crippen molar-refractivity contribution in [3.63, 3.8) is 0 Å². The number of rotatable bonds is 7. The van der Waals surface area contributed by atoms with Crippen molar-refractivity contribution < 1.29 is 14.3 Å². The average molecular weight is 367 g/mol. The second-order valence-electron chi connectivity index (χ2n) is 5.93. The first kappa shape index (κ1) is 18.4. The highest BCUT2D eigenvalue weighted by Gasteiger charge is 2.34. The molecule has 8 nitrogen and oxygen atoms in total. The predicted molar refractivity (Wildman–Crippen MR) is 101 cm³/mol. The number of para-hydroxylation sites is 1. The summed E-state index contributed by atoms with van der Waals surface area (Å²) in [4.78, 5) is 28.5. The highest BCUT2D eigenvalue weighted by Crippen LogP contribution is 2.24. The molecule has 0 radical (unpaired) electrons. The van der Waals surface area contributed by atoms with Crippen LogP contribution in [0.25, 0.3) is 0 Å². The minimum atomic E-state index is -0.689. The third-order valence-electron chi connectivity index (χ3n) is 4.09. The molecule has 1 aromatic heterocycles. The number of hydrogen-bond acceptors (Lipinski definition) is 6. The van der Waals surface area contributed by atoms with Gasteiger partial charge >= 0.3 is 0 Å². The van der Waals surface area contributed by atoms with Crippen LogP contribution in [0.4, 0.5) is 5.69 Å². The topological polar surface area (TPSA) is 110 Å². The molecule has 3 rings (SSSR count). The molecule has 8 heteroatoms. The Kier molecular flexibility index (Phi) is 5.65. The molecular weight excluding hydrogens is 346 g/mol. The molecule has 1 aromatic carbocycles. The molecule has 2 aromatic rings. The van der Waals surface area contributed by atoms with Crippen molar-refractivity contribution in [2.45, 2.75) is 25.9 Å². The Morgan fingerprint density at radius 3 is 2.74 bits per heavy atom. The van der Waals surface area contributed by atoms with Gasteiger partial charge in [-0.1, -0.05) is 24.3 Å². The lowest BCUT2D eigenvalue weighted by Gasteiger charge is -2.20. The fraction of sp³-hybridized carbons (Fsp3) is 0.263. The van der Waals surface area contributed by atoms with Gasteiger partial charge in [0, 0.05) is 24.7 Å². The summed E-state index contributed by atoms with van der Waals surface area (Å²) in [5.41, 5.74) is 7.22. The van der Waals surface area contributed by atoms with Gasteiger partial charge in [0.05, 0.1) is 12.3 Å². The van der Waals surface area contributed by atoms with Gasteiger partial charge < -0.3 is 15.8 Å². The van der Waals surface area contributed by atoms with Gasteiger partial charge in [0.1, 0.15) is 11.8 Å². The molecule has 1 aliphatic heterocycles. The zero-order valence-corrected chi connectivity index (χ0v) is 15.0. The van der Waals surface area contributed by atoms with Gasteiger partial charge in [-0.2, -0.15) is 5.10 Å². The van der Waals surface area contributed by atoms with E-state index >= 15 is 0 Å². The standard InChI is InChI=1S/C19H21N5O3/c1-2-27-19-13(7-6-10-21-19)12-22-18(26)15-11-16(17(20)25)24(23-15)14-8-4-3-5-9-14/h3-10,16H,2,11-12H2,1H3,(H2,20,25)(H,22,26)/t16-/m1/s1. The summed E-state index contributed by atoms with van der Waals surface area (Å²) in [6.45, 7) is 2.59. The van der Waals surface area contributed by atoms with Crippen molar-refractivity contribution in [1.29, 1.82) is 0 Å². The van der Waals surface area contributed by atoms with E-state index in [4.69, 9.17) is 10.5 Å². The first-order chi connectivity index (χ1) is 13.1. The second-order valence-corrected chi connectivity index (χ2v) is 5.93. The maximum absolute atomic E-state index is 12.6. The molecule has 0 unspecified atom stereocenters. The Morgan fingerprint density at radius 1 is 1.26 bits per heavy atom. The lowest BCUT2D eigenvalue weighted by Crippen LogP contribution is -2.39. The second kappa shape index (κ2) is 8.31. The van der Waals surface area contributed by atoms with Crippen LogP contribution in [0.15, 0.2) is 53.8 Å². The van der Waals surface area contributed by atoms with Crippen LogP contribution in [0, 0.1) is 0 Å². The number of aromatic nitrogens is 1. The van der Waals surface area contributed by atoms with Crippen LogP contribution in [-0.2, 0) is 16.1 Å². The number of benzene rings is 1. The fourth-order valence-corrected chi connectivity index (χ4v) is 2.79. The van der Waals surface area contributed by atoms with Crippen LogP contribution >= 0.6 is 0 Å². The lowest BCUT2D eigenvalue weighted by atomic mass is 10.1. The predicted octanol–water partition coefficient (Wildman–Crippen LogP) is 1.22. The average Bonchev–Trinajstić information content (AvgIpc) is 3.14. The van der Waals surface area contributed by atoms with Gasteiger partial charge in [-0.25, -0.2) is 4.98 Å². The highest BCUT2D eigenvalue weighted by atomic mass is 16.5. The largest absolute Gasteiger partial charge is 0.478 e. The Morgan fingerprint density at radius 2 is 2.04 bits per heavy atom. The van der Waals surface area contributed by atoms with E-state index in [0.717, 1.165) is 5.56 Å². The number of nitrogens with one attached hydrogen (secondary N) is 1. The van der Waals surface area contributed by atoms with Crippen LogP contribution in [0.3, 0.4) is 0 Å². The summed E-state index contributed by atoms with van der Waals surface area (Å²) >= 11 is 0. The van der Waals surface area contributed by atoms with Gasteiger partial charge in [0.2, 0.25) is 11.8 Å². The Labute approximate surface area is 157 Å². The van der Waals surface area contributed by atoms with E-state index in [1.807, 2.05) is 43.3 Å². The molecule has 1 atom stereocenters. The number of anilines is 1.